The first-order valence-electron chi connectivity index (χ1n) is 8.83. The zero-order valence-corrected chi connectivity index (χ0v) is 15.7. The molecule has 164 valence electrons. The number of aromatic amines is 1. The maximum Gasteiger partial charge on any atom is 0.425 e. The quantitative estimate of drug-likeness (QED) is 0.518. The standard InChI is InChI=1S/C19H11F4N5O4/c20-10-3-5-11(6-4-10)28-13-12(15(30)26-17(28)32)18(16(31)25-13,19(21,22)23)27-14(29)9-2-1-7-24-8-9/h1-8H,(H,25,31)(H,27,29)(H,26,30,32)/t18-/m1/s1. The summed E-state index contributed by atoms with van der Waals surface area (Å²) in [6, 6.07) is 6.42. The molecule has 1 aromatic carbocycles. The van der Waals surface area contributed by atoms with Crippen LogP contribution in [0.2, 0.25) is 0 Å². The number of carbonyl (C=O) groups excluding carboxylic acids is 2. The molecule has 9 nitrogen and oxygen atoms in total. The molecule has 0 unspecified atom stereocenters. The van der Waals surface area contributed by atoms with Crippen LogP contribution >= 0.6 is 0 Å². The summed E-state index contributed by atoms with van der Waals surface area (Å²) >= 11 is 0. The highest BCUT2D eigenvalue weighted by atomic mass is 19.4. The molecule has 13 heteroatoms. The highest BCUT2D eigenvalue weighted by Crippen LogP contribution is 2.45. The summed E-state index contributed by atoms with van der Waals surface area (Å²) in [7, 11) is 0. The second-order valence-corrected chi connectivity index (χ2v) is 6.69. The van der Waals surface area contributed by atoms with Gasteiger partial charge in [-0.2, -0.15) is 13.2 Å². The van der Waals surface area contributed by atoms with Crippen molar-refractivity contribution in [1.29, 1.82) is 0 Å². The van der Waals surface area contributed by atoms with Crippen LogP contribution in [-0.2, 0) is 10.3 Å². The summed E-state index contributed by atoms with van der Waals surface area (Å²) < 4.78 is 56.8. The van der Waals surface area contributed by atoms with Crippen LogP contribution in [0.25, 0.3) is 5.69 Å². The summed E-state index contributed by atoms with van der Waals surface area (Å²) in [5.74, 6) is -4.64. The van der Waals surface area contributed by atoms with E-state index in [9.17, 15) is 36.7 Å². The van der Waals surface area contributed by atoms with Crippen molar-refractivity contribution < 1.29 is 27.2 Å². The molecule has 0 bridgehead atoms. The number of halogens is 4. The number of nitrogens with zero attached hydrogens (tertiary/aromatic N) is 2. The number of rotatable bonds is 3. The van der Waals surface area contributed by atoms with E-state index in [1.54, 1.807) is 10.3 Å². The molecule has 0 aliphatic carbocycles. The molecule has 32 heavy (non-hydrogen) atoms. The molecule has 4 rings (SSSR count). The van der Waals surface area contributed by atoms with Crippen molar-refractivity contribution >= 4 is 17.6 Å². The average Bonchev–Trinajstić information content (AvgIpc) is 3.03. The first kappa shape index (κ1) is 21.0. The summed E-state index contributed by atoms with van der Waals surface area (Å²) in [4.78, 5) is 55.4. The first-order chi connectivity index (χ1) is 15.1. The van der Waals surface area contributed by atoms with Gasteiger partial charge in [-0.3, -0.25) is 24.4 Å². The fourth-order valence-corrected chi connectivity index (χ4v) is 3.35. The lowest BCUT2D eigenvalue weighted by Crippen LogP contribution is -2.62. The smallest absolute Gasteiger partial charge is 0.326 e. The highest BCUT2D eigenvalue weighted by molar-refractivity contribution is 6.09. The molecule has 3 N–H and O–H groups in total. The Labute approximate surface area is 174 Å². The van der Waals surface area contributed by atoms with Crippen LogP contribution in [0.15, 0.2) is 58.4 Å². The van der Waals surface area contributed by atoms with E-state index in [1.807, 2.05) is 5.32 Å². The second-order valence-electron chi connectivity index (χ2n) is 6.69. The third kappa shape index (κ3) is 3.05. The van der Waals surface area contributed by atoms with Crippen LogP contribution in [0, 0.1) is 5.82 Å². The summed E-state index contributed by atoms with van der Waals surface area (Å²) in [6.07, 6.45) is -3.24. The van der Waals surface area contributed by atoms with Crippen molar-refractivity contribution in [2.45, 2.75) is 11.7 Å². The lowest BCUT2D eigenvalue weighted by Gasteiger charge is -2.30. The maximum absolute atomic E-state index is 14.3. The van der Waals surface area contributed by atoms with Crippen LogP contribution in [0.1, 0.15) is 15.9 Å². The van der Waals surface area contributed by atoms with E-state index < -0.39 is 52.0 Å². The van der Waals surface area contributed by atoms with Crippen LogP contribution in [0.3, 0.4) is 0 Å². The van der Waals surface area contributed by atoms with Crippen LogP contribution < -0.4 is 21.9 Å². The van der Waals surface area contributed by atoms with E-state index >= 15 is 0 Å². The molecule has 0 saturated carbocycles. The van der Waals surface area contributed by atoms with Gasteiger partial charge < -0.3 is 10.6 Å². The monoisotopic (exact) mass is 449 g/mol. The molecule has 3 heterocycles. The SMILES string of the molecule is O=C(N[C@@]1(C(F)(F)F)C(=O)Nc2c1c(=O)[nH]c(=O)n2-c1ccc(F)cc1)c1cccnc1. The number of benzene rings is 1. The second kappa shape index (κ2) is 7.14. The van der Waals surface area contributed by atoms with E-state index in [1.165, 1.54) is 12.3 Å². The molecule has 0 fully saturated rings. The van der Waals surface area contributed by atoms with E-state index in [0.717, 1.165) is 36.5 Å². The molecule has 0 spiro atoms. The minimum atomic E-state index is -5.49. The normalized spacial score (nSPS) is 17.6. The van der Waals surface area contributed by atoms with Gasteiger partial charge in [0.15, 0.2) is 0 Å². The van der Waals surface area contributed by atoms with Gasteiger partial charge in [0.25, 0.3) is 22.9 Å². The summed E-state index contributed by atoms with van der Waals surface area (Å²) in [5, 5.41) is 3.47. The van der Waals surface area contributed by atoms with Gasteiger partial charge in [0.05, 0.1) is 11.3 Å². The van der Waals surface area contributed by atoms with Crippen molar-refractivity contribution in [2.24, 2.45) is 0 Å². The number of hydrogen-bond acceptors (Lipinski definition) is 5. The highest BCUT2D eigenvalue weighted by Gasteiger charge is 2.68. The minimum absolute atomic E-state index is 0.138. The van der Waals surface area contributed by atoms with E-state index in [-0.39, 0.29) is 11.3 Å². The topological polar surface area (TPSA) is 126 Å². The number of fused-ring (bicyclic) bond motifs is 1. The van der Waals surface area contributed by atoms with E-state index in [4.69, 9.17) is 0 Å². The first-order valence-corrected chi connectivity index (χ1v) is 8.83. The number of alkyl halides is 3. The minimum Gasteiger partial charge on any atom is -0.326 e. The number of hydrogen-bond donors (Lipinski definition) is 3. The fourth-order valence-electron chi connectivity index (χ4n) is 3.35. The number of amides is 2. The zero-order chi connectivity index (χ0) is 23.3. The number of anilines is 1. The molecule has 3 aromatic rings. The van der Waals surface area contributed by atoms with Crippen molar-refractivity contribution in [2.75, 3.05) is 5.32 Å². The largest absolute Gasteiger partial charge is 0.425 e. The Hall–Kier alpha value is -4.29. The molecule has 2 amide bonds. The Morgan fingerprint density at radius 1 is 1.09 bits per heavy atom. The molecule has 1 aliphatic rings. The number of H-pyrrole nitrogens is 1. The van der Waals surface area contributed by atoms with E-state index in [2.05, 4.69) is 4.98 Å². The Morgan fingerprint density at radius 2 is 1.78 bits per heavy atom. The number of aromatic nitrogens is 3. The molecule has 1 atom stereocenters. The van der Waals surface area contributed by atoms with Crippen LogP contribution in [-0.4, -0.2) is 32.5 Å². The Morgan fingerprint density at radius 3 is 2.38 bits per heavy atom. The molecular formula is C19H11F4N5O4. The molecule has 1 aliphatic heterocycles. The van der Waals surface area contributed by atoms with Crippen molar-refractivity contribution in [1.82, 2.24) is 19.9 Å². The van der Waals surface area contributed by atoms with Gasteiger partial charge in [-0.1, -0.05) is 0 Å². The predicted molar refractivity (Wildman–Crippen MR) is 101 cm³/mol. The third-order valence-corrected chi connectivity index (χ3v) is 4.79. The van der Waals surface area contributed by atoms with Crippen molar-refractivity contribution in [3.63, 3.8) is 0 Å². The van der Waals surface area contributed by atoms with E-state index in [0.29, 0.717) is 4.57 Å². The molecule has 2 aromatic heterocycles. The lowest BCUT2D eigenvalue weighted by atomic mass is 9.91. The van der Waals surface area contributed by atoms with Gasteiger partial charge in [-0.15, -0.1) is 0 Å². The number of carbonyl (C=O) groups is 2. The Kier molecular flexibility index (Phi) is 4.68. The molecular weight excluding hydrogens is 438 g/mol. The average molecular weight is 449 g/mol. The van der Waals surface area contributed by atoms with Gasteiger partial charge in [-0.25, -0.2) is 13.8 Å². The number of pyridine rings is 1. The Balaban J connectivity index is 1.98. The zero-order valence-electron chi connectivity index (χ0n) is 15.7. The summed E-state index contributed by atoms with van der Waals surface area (Å²) in [5.41, 5.74) is -8.21. The molecule has 0 saturated heterocycles. The van der Waals surface area contributed by atoms with Crippen molar-refractivity contribution in [3.05, 3.63) is 86.6 Å². The lowest BCUT2D eigenvalue weighted by molar-refractivity contribution is -0.196. The fraction of sp³-hybridized carbons (Fsp3) is 0.105. The van der Waals surface area contributed by atoms with Gasteiger partial charge >= 0.3 is 11.9 Å². The molecule has 0 radical (unpaired) electrons. The Bertz CT molecular complexity index is 1350. The van der Waals surface area contributed by atoms with Gasteiger partial charge in [0.1, 0.15) is 17.2 Å². The number of nitrogens with one attached hydrogen (secondary N) is 3. The maximum atomic E-state index is 14.3. The third-order valence-electron chi connectivity index (χ3n) is 4.79. The van der Waals surface area contributed by atoms with Crippen LogP contribution in [0.5, 0.6) is 0 Å². The van der Waals surface area contributed by atoms with Gasteiger partial charge in [0.2, 0.25) is 0 Å². The van der Waals surface area contributed by atoms with Crippen LogP contribution in [0.4, 0.5) is 23.4 Å². The predicted octanol–water partition coefficient (Wildman–Crippen LogP) is 1.20. The van der Waals surface area contributed by atoms with Gasteiger partial charge in [0, 0.05) is 12.4 Å². The van der Waals surface area contributed by atoms with Crippen molar-refractivity contribution in [3.8, 4) is 5.69 Å². The summed E-state index contributed by atoms with van der Waals surface area (Å²) in [6.45, 7) is 0. The van der Waals surface area contributed by atoms with Gasteiger partial charge in [-0.05, 0) is 36.4 Å².